The number of hydroxylamine groups is 2. The molecule has 1 aromatic rings. The third kappa shape index (κ3) is 10.1. The summed E-state index contributed by atoms with van der Waals surface area (Å²) in [6.45, 7) is 10.8. The van der Waals surface area contributed by atoms with E-state index in [1.807, 2.05) is 6.92 Å². The highest BCUT2D eigenvalue weighted by Crippen LogP contribution is 2.29. The molecule has 0 spiro atoms. The van der Waals surface area contributed by atoms with E-state index in [1.165, 1.54) is 14.2 Å². The van der Waals surface area contributed by atoms with Crippen LogP contribution in [0, 0.1) is 11.8 Å². The van der Waals surface area contributed by atoms with Gasteiger partial charge < -0.3 is 34.2 Å². The van der Waals surface area contributed by atoms with Crippen LogP contribution in [-0.4, -0.2) is 73.6 Å². The lowest BCUT2D eigenvalue weighted by molar-refractivity contribution is -0.151. The van der Waals surface area contributed by atoms with Crippen molar-refractivity contribution in [3.8, 4) is 23.3 Å². The Morgan fingerprint density at radius 2 is 1.78 bits per heavy atom. The van der Waals surface area contributed by atoms with E-state index in [1.54, 1.807) is 59.9 Å². The average molecular weight is 523 g/mol. The maximum absolute atomic E-state index is 12.9. The average Bonchev–Trinajstić information content (AvgIpc) is 2.82. The first-order chi connectivity index (χ1) is 17.3. The first-order valence-electron chi connectivity index (χ1n) is 12.2. The number of nitrogens with zero attached hydrogens (tertiary/aromatic N) is 1. The van der Waals surface area contributed by atoms with E-state index in [9.17, 15) is 14.8 Å². The van der Waals surface area contributed by atoms with Gasteiger partial charge in [0.1, 0.15) is 23.1 Å². The van der Waals surface area contributed by atoms with Gasteiger partial charge in [-0.3, -0.25) is 0 Å². The SMILES string of the molecule is CCC[C@](C)(OC)[C@H](NC(=O)OC(C)(C)C)[C@@H](C#CC(=O)OCC)N(O)Cc1ccc(OC)cc1OC. The van der Waals surface area contributed by atoms with E-state index in [4.69, 9.17) is 23.7 Å². The van der Waals surface area contributed by atoms with Gasteiger partial charge in [0.15, 0.2) is 0 Å². The summed E-state index contributed by atoms with van der Waals surface area (Å²) in [4.78, 5) is 25.0. The van der Waals surface area contributed by atoms with E-state index in [0.29, 0.717) is 29.9 Å². The van der Waals surface area contributed by atoms with Crippen molar-refractivity contribution in [1.29, 1.82) is 0 Å². The number of hydrogen-bond donors (Lipinski definition) is 2. The van der Waals surface area contributed by atoms with Gasteiger partial charge in [-0.25, -0.2) is 9.59 Å². The molecule has 0 aliphatic carbocycles. The molecular formula is C27H42N2O8. The van der Waals surface area contributed by atoms with Crippen LogP contribution in [0.2, 0.25) is 0 Å². The molecule has 0 bridgehead atoms. The summed E-state index contributed by atoms with van der Waals surface area (Å²) >= 11 is 0. The highest BCUT2D eigenvalue weighted by atomic mass is 16.6. The fraction of sp³-hybridized carbons (Fsp3) is 0.630. The molecule has 0 aliphatic rings. The third-order valence-corrected chi connectivity index (χ3v) is 5.60. The molecule has 0 saturated carbocycles. The molecule has 0 unspecified atom stereocenters. The number of hydrogen-bond acceptors (Lipinski definition) is 9. The second-order valence-electron chi connectivity index (χ2n) is 9.60. The van der Waals surface area contributed by atoms with Crippen molar-refractivity contribution in [3.63, 3.8) is 0 Å². The third-order valence-electron chi connectivity index (χ3n) is 5.60. The summed E-state index contributed by atoms with van der Waals surface area (Å²) in [6.07, 6.45) is 0.517. The molecule has 10 heteroatoms. The van der Waals surface area contributed by atoms with Crippen LogP contribution in [0.3, 0.4) is 0 Å². The quantitative estimate of drug-likeness (QED) is 0.182. The molecule has 37 heavy (non-hydrogen) atoms. The summed E-state index contributed by atoms with van der Waals surface area (Å²) in [7, 11) is 4.57. The van der Waals surface area contributed by atoms with E-state index < -0.39 is 35.3 Å². The number of benzene rings is 1. The number of methoxy groups -OCH3 is 3. The van der Waals surface area contributed by atoms with Crippen molar-refractivity contribution < 1.29 is 38.5 Å². The lowest BCUT2D eigenvalue weighted by Crippen LogP contribution is -2.62. The lowest BCUT2D eigenvalue weighted by atomic mass is 9.85. The van der Waals surface area contributed by atoms with Gasteiger partial charge in [0, 0.05) is 24.7 Å². The van der Waals surface area contributed by atoms with Gasteiger partial charge in [-0.1, -0.05) is 25.3 Å². The topological polar surface area (TPSA) is 116 Å². The monoisotopic (exact) mass is 522 g/mol. The zero-order valence-corrected chi connectivity index (χ0v) is 23.5. The summed E-state index contributed by atoms with van der Waals surface area (Å²) < 4.78 is 27.0. The number of ether oxygens (including phenoxy) is 5. The molecule has 208 valence electrons. The van der Waals surface area contributed by atoms with Crippen LogP contribution in [0.1, 0.15) is 59.9 Å². The van der Waals surface area contributed by atoms with Gasteiger partial charge in [0.05, 0.1) is 39.0 Å². The largest absolute Gasteiger partial charge is 0.497 e. The van der Waals surface area contributed by atoms with Crippen LogP contribution in [0.15, 0.2) is 18.2 Å². The number of carbonyl (C=O) groups is 2. The Hall–Kier alpha value is -3.00. The van der Waals surface area contributed by atoms with Crippen LogP contribution in [0.5, 0.6) is 11.5 Å². The minimum Gasteiger partial charge on any atom is -0.497 e. The molecule has 10 nitrogen and oxygen atoms in total. The smallest absolute Gasteiger partial charge is 0.408 e. The Balaban J connectivity index is 3.57. The van der Waals surface area contributed by atoms with Gasteiger partial charge in [0.25, 0.3) is 0 Å². The Bertz CT molecular complexity index is 950. The molecule has 0 aromatic heterocycles. The molecular weight excluding hydrogens is 480 g/mol. The molecule has 0 heterocycles. The molecule has 1 aromatic carbocycles. The zero-order valence-electron chi connectivity index (χ0n) is 23.5. The van der Waals surface area contributed by atoms with Crippen LogP contribution in [0.25, 0.3) is 0 Å². The lowest BCUT2D eigenvalue weighted by Gasteiger charge is -2.42. The van der Waals surface area contributed by atoms with Gasteiger partial charge in [-0.05, 0) is 47.1 Å². The number of esters is 1. The van der Waals surface area contributed by atoms with Crippen molar-refractivity contribution in [2.75, 3.05) is 27.9 Å². The van der Waals surface area contributed by atoms with E-state index in [0.717, 1.165) is 5.06 Å². The van der Waals surface area contributed by atoms with E-state index >= 15 is 0 Å². The highest BCUT2D eigenvalue weighted by Gasteiger charge is 2.43. The van der Waals surface area contributed by atoms with Gasteiger partial charge in [-0.2, -0.15) is 5.06 Å². The minimum absolute atomic E-state index is 0.0479. The Morgan fingerprint density at radius 1 is 1.11 bits per heavy atom. The Morgan fingerprint density at radius 3 is 2.30 bits per heavy atom. The van der Waals surface area contributed by atoms with Crippen molar-refractivity contribution >= 4 is 12.1 Å². The van der Waals surface area contributed by atoms with Crippen LogP contribution < -0.4 is 14.8 Å². The Labute approximate surface area is 220 Å². The van der Waals surface area contributed by atoms with Crippen molar-refractivity contribution in [2.24, 2.45) is 0 Å². The Kier molecular flexibility index (Phi) is 12.7. The van der Waals surface area contributed by atoms with Crippen molar-refractivity contribution in [1.82, 2.24) is 10.4 Å². The fourth-order valence-corrected chi connectivity index (χ4v) is 3.77. The van der Waals surface area contributed by atoms with Crippen LogP contribution in [-0.2, 0) is 25.5 Å². The maximum atomic E-state index is 12.9. The number of rotatable bonds is 12. The standard InChI is InChI=1S/C27H42N2O8/c1-10-16-27(6,35-9)24(28-25(31)37-26(3,4)5)21(14-15-23(30)36-11-2)29(32)18-19-12-13-20(33-7)17-22(19)34-8/h12-13,17,21,24,32H,10-11,16,18H2,1-9H3,(H,28,31)/t21-,24-,27+/m1/s1. The maximum Gasteiger partial charge on any atom is 0.408 e. The van der Waals surface area contributed by atoms with Gasteiger partial charge in [-0.15, -0.1) is 0 Å². The molecule has 0 fully saturated rings. The molecule has 0 saturated heterocycles. The molecule has 0 radical (unpaired) electrons. The van der Waals surface area contributed by atoms with E-state index in [-0.39, 0.29) is 13.2 Å². The van der Waals surface area contributed by atoms with Crippen LogP contribution in [0.4, 0.5) is 4.79 Å². The molecule has 1 amide bonds. The predicted octanol–water partition coefficient (Wildman–Crippen LogP) is 3.93. The molecule has 3 atom stereocenters. The summed E-state index contributed by atoms with van der Waals surface area (Å²) in [6, 6.07) is 3.16. The van der Waals surface area contributed by atoms with E-state index in [2.05, 4.69) is 17.2 Å². The predicted molar refractivity (Wildman–Crippen MR) is 139 cm³/mol. The molecule has 0 aliphatic heterocycles. The van der Waals surface area contributed by atoms with Gasteiger partial charge in [0.2, 0.25) is 0 Å². The number of nitrogens with one attached hydrogen (secondary N) is 1. The second kappa shape index (κ2) is 14.7. The van der Waals surface area contributed by atoms with Crippen molar-refractivity contribution in [3.05, 3.63) is 23.8 Å². The van der Waals surface area contributed by atoms with Crippen LogP contribution >= 0.6 is 0 Å². The normalized spacial score (nSPS) is 14.5. The summed E-state index contributed by atoms with van der Waals surface area (Å²) in [5.41, 5.74) is -1.12. The highest BCUT2D eigenvalue weighted by molar-refractivity contribution is 5.88. The molecule has 2 N–H and O–H groups in total. The van der Waals surface area contributed by atoms with Gasteiger partial charge >= 0.3 is 12.1 Å². The summed E-state index contributed by atoms with van der Waals surface area (Å²) in [5, 5.41) is 15.1. The number of amides is 1. The first kappa shape index (κ1) is 32.0. The number of alkyl carbamates (subject to hydrolysis) is 1. The first-order valence-corrected chi connectivity index (χ1v) is 12.2. The zero-order chi connectivity index (χ0) is 28.2. The second-order valence-corrected chi connectivity index (χ2v) is 9.60. The van der Waals surface area contributed by atoms with Crippen molar-refractivity contribution in [2.45, 2.75) is 84.2 Å². The molecule has 1 rings (SSSR count). The minimum atomic E-state index is -1.10. The summed E-state index contributed by atoms with van der Waals surface area (Å²) in [5.74, 6) is 5.52. The fourth-order valence-electron chi connectivity index (χ4n) is 3.77. The number of carbonyl (C=O) groups excluding carboxylic acids is 2.